The van der Waals surface area contributed by atoms with E-state index in [2.05, 4.69) is 27.0 Å². The fraction of sp³-hybridized carbons (Fsp3) is 0.667. The molecule has 12 heavy (non-hydrogen) atoms. The lowest BCUT2D eigenvalue weighted by atomic mass is 9.97. The first-order valence-corrected chi connectivity index (χ1v) is 4.94. The third kappa shape index (κ3) is 6.21. The second kappa shape index (κ2) is 7.15. The third-order valence-corrected chi connectivity index (χ3v) is 2.33. The van der Waals surface area contributed by atoms with Gasteiger partial charge in [0.25, 0.3) is 0 Å². The lowest BCUT2D eigenvalue weighted by Crippen LogP contribution is -1.95. The van der Waals surface area contributed by atoms with Crippen LogP contribution in [0.5, 0.6) is 0 Å². The van der Waals surface area contributed by atoms with Gasteiger partial charge in [0.1, 0.15) is 0 Å². The molecule has 70 valence electrons. The molecule has 0 aliphatic rings. The van der Waals surface area contributed by atoms with Crippen molar-refractivity contribution < 1.29 is 0 Å². The third-order valence-electron chi connectivity index (χ3n) is 2.33. The summed E-state index contributed by atoms with van der Waals surface area (Å²) in [5.74, 6) is 1.49. The van der Waals surface area contributed by atoms with E-state index in [1.807, 2.05) is 12.2 Å². The van der Waals surface area contributed by atoms with Crippen LogP contribution in [0, 0.1) is 11.8 Å². The van der Waals surface area contributed by atoms with Gasteiger partial charge >= 0.3 is 0 Å². The van der Waals surface area contributed by atoms with Crippen LogP contribution in [0.4, 0.5) is 0 Å². The monoisotopic (exact) mass is 166 g/mol. The molecule has 2 atom stereocenters. The Hall–Kier alpha value is -0.520. The maximum Gasteiger partial charge on any atom is -0.0265 e. The molecule has 0 fully saturated rings. The molecule has 0 nitrogen and oxygen atoms in total. The standard InChI is InChI=1S/C12H22/c1-5-8-12(4)10-7-9-11(3)6-2/h5-6,11-12H,1-2,7-10H2,3-4H3. The summed E-state index contributed by atoms with van der Waals surface area (Å²) in [6, 6.07) is 0. The van der Waals surface area contributed by atoms with Crippen molar-refractivity contribution in [2.75, 3.05) is 0 Å². The molecular weight excluding hydrogens is 144 g/mol. The van der Waals surface area contributed by atoms with Crippen molar-refractivity contribution in [1.82, 2.24) is 0 Å². The van der Waals surface area contributed by atoms with E-state index in [1.54, 1.807) is 0 Å². The number of rotatable bonds is 7. The van der Waals surface area contributed by atoms with E-state index < -0.39 is 0 Å². The Morgan fingerprint density at radius 3 is 2.33 bits per heavy atom. The van der Waals surface area contributed by atoms with Gasteiger partial charge in [0.15, 0.2) is 0 Å². The van der Waals surface area contributed by atoms with Crippen molar-refractivity contribution in [1.29, 1.82) is 0 Å². The van der Waals surface area contributed by atoms with E-state index in [0.717, 1.165) is 12.3 Å². The first kappa shape index (κ1) is 11.5. The fourth-order valence-electron chi connectivity index (χ4n) is 1.31. The van der Waals surface area contributed by atoms with Crippen LogP contribution in [-0.4, -0.2) is 0 Å². The maximum absolute atomic E-state index is 3.78. The second-order valence-corrected chi connectivity index (χ2v) is 3.77. The van der Waals surface area contributed by atoms with Gasteiger partial charge in [-0.25, -0.2) is 0 Å². The molecule has 2 unspecified atom stereocenters. The zero-order valence-electron chi connectivity index (χ0n) is 8.55. The highest BCUT2D eigenvalue weighted by Gasteiger charge is 2.00. The van der Waals surface area contributed by atoms with Crippen LogP contribution < -0.4 is 0 Å². The summed E-state index contributed by atoms with van der Waals surface area (Å²) in [5.41, 5.74) is 0. The van der Waals surface area contributed by atoms with E-state index in [1.165, 1.54) is 19.3 Å². The first-order chi connectivity index (χ1) is 5.70. The number of hydrogen-bond donors (Lipinski definition) is 0. The molecule has 0 radical (unpaired) electrons. The molecule has 0 aromatic heterocycles. The molecule has 0 N–H and O–H groups in total. The van der Waals surface area contributed by atoms with Gasteiger partial charge in [-0.15, -0.1) is 13.2 Å². The average Bonchev–Trinajstić information content (AvgIpc) is 2.04. The highest BCUT2D eigenvalue weighted by Crippen LogP contribution is 2.15. The van der Waals surface area contributed by atoms with Gasteiger partial charge in [-0.1, -0.05) is 38.8 Å². The summed E-state index contributed by atoms with van der Waals surface area (Å²) >= 11 is 0. The van der Waals surface area contributed by atoms with Crippen LogP contribution in [0.25, 0.3) is 0 Å². The molecule has 0 amide bonds. The molecule has 0 aliphatic carbocycles. The average molecular weight is 166 g/mol. The fourth-order valence-corrected chi connectivity index (χ4v) is 1.31. The van der Waals surface area contributed by atoms with Gasteiger partial charge in [-0.05, 0) is 24.7 Å². The molecule has 0 saturated heterocycles. The minimum Gasteiger partial charge on any atom is -0.103 e. The predicted octanol–water partition coefficient (Wildman–Crippen LogP) is 4.19. The minimum atomic E-state index is 0.681. The summed E-state index contributed by atoms with van der Waals surface area (Å²) in [4.78, 5) is 0. The van der Waals surface area contributed by atoms with Crippen molar-refractivity contribution in [2.24, 2.45) is 11.8 Å². The van der Waals surface area contributed by atoms with Crippen LogP contribution in [0.1, 0.15) is 39.5 Å². The number of hydrogen-bond acceptors (Lipinski definition) is 0. The lowest BCUT2D eigenvalue weighted by molar-refractivity contribution is 0.477. The Bertz CT molecular complexity index is 124. The molecule has 0 rings (SSSR count). The van der Waals surface area contributed by atoms with Crippen molar-refractivity contribution in [3.63, 3.8) is 0 Å². The molecule has 0 saturated carbocycles. The topological polar surface area (TPSA) is 0 Å². The van der Waals surface area contributed by atoms with Crippen LogP contribution in [0.15, 0.2) is 25.3 Å². The highest BCUT2D eigenvalue weighted by molar-refractivity contribution is 4.75. The van der Waals surface area contributed by atoms with E-state index in [9.17, 15) is 0 Å². The summed E-state index contributed by atoms with van der Waals surface area (Å²) in [6.45, 7) is 12.0. The SMILES string of the molecule is C=CCC(C)CCCC(C)C=C. The van der Waals surface area contributed by atoms with E-state index in [4.69, 9.17) is 0 Å². The predicted molar refractivity (Wildman–Crippen MR) is 57.2 cm³/mol. The quantitative estimate of drug-likeness (QED) is 0.497. The van der Waals surface area contributed by atoms with Gasteiger partial charge in [0.2, 0.25) is 0 Å². The molecule has 0 heteroatoms. The summed E-state index contributed by atoms with van der Waals surface area (Å²) < 4.78 is 0. The largest absolute Gasteiger partial charge is 0.103 e. The van der Waals surface area contributed by atoms with Crippen molar-refractivity contribution in [3.8, 4) is 0 Å². The van der Waals surface area contributed by atoms with Crippen LogP contribution >= 0.6 is 0 Å². The molecule has 0 spiro atoms. The molecule has 0 heterocycles. The van der Waals surface area contributed by atoms with Gasteiger partial charge < -0.3 is 0 Å². The highest BCUT2D eigenvalue weighted by atomic mass is 14.1. The Labute approximate surface area is 77.4 Å². The van der Waals surface area contributed by atoms with Gasteiger partial charge in [-0.2, -0.15) is 0 Å². The summed E-state index contributed by atoms with van der Waals surface area (Å²) in [6.07, 6.45) is 9.14. The van der Waals surface area contributed by atoms with Crippen molar-refractivity contribution in [2.45, 2.75) is 39.5 Å². The Kier molecular flexibility index (Phi) is 6.84. The smallest absolute Gasteiger partial charge is 0.0265 e. The van der Waals surface area contributed by atoms with E-state index in [-0.39, 0.29) is 0 Å². The Morgan fingerprint density at radius 1 is 1.17 bits per heavy atom. The van der Waals surface area contributed by atoms with Crippen molar-refractivity contribution >= 4 is 0 Å². The van der Waals surface area contributed by atoms with Gasteiger partial charge in [-0.3, -0.25) is 0 Å². The minimum absolute atomic E-state index is 0.681. The van der Waals surface area contributed by atoms with Crippen LogP contribution in [0.3, 0.4) is 0 Å². The van der Waals surface area contributed by atoms with Crippen molar-refractivity contribution in [3.05, 3.63) is 25.3 Å². The zero-order chi connectivity index (χ0) is 9.40. The van der Waals surface area contributed by atoms with E-state index in [0.29, 0.717) is 5.92 Å². The van der Waals surface area contributed by atoms with E-state index >= 15 is 0 Å². The normalized spacial score (nSPS) is 15.2. The molecule has 0 aromatic rings. The molecule has 0 aliphatic heterocycles. The van der Waals surface area contributed by atoms with Gasteiger partial charge in [0, 0.05) is 0 Å². The molecule has 0 aromatic carbocycles. The first-order valence-electron chi connectivity index (χ1n) is 4.94. The maximum atomic E-state index is 3.78. The zero-order valence-corrected chi connectivity index (χ0v) is 8.55. The number of allylic oxidation sites excluding steroid dienone is 2. The Balaban J connectivity index is 3.29. The van der Waals surface area contributed by atoms with Gasteiger partial charge in [0.05, 0.1) is 0 Å². The second-order valence-electron chi connectivity index (χ2n) is 3.77. The summed E-state index contributed by atoms with van der Waals surface area (Å²) in [7, 11) is 0. The van der Waals surface area contributed by atoms with Crippen LogP contribution in [-0.2, 0) is 0 Å². The molecular formula is C12H22. The Morgan fingerprint density at radius 2 is 1.83 bits per heavy atom. The lowest BCUT2D eigenvalue weighted by Gasteiger charge is -2.09. The molecule has 0 bridgehead atoms. The summed E-state index contributed by atoms with van der Waals surface area (Å²) in [5, 5.41) is 0. The van der Waals surface area contributed by atoms with Crippen LogP contribution in [0.2, 0.25) is 0 Å².